The first kappa shape index (κ1) is 23.6. The summed E-state index contributed by atoms with van der Waals surface area (Å²) in [6, 6.07) is 22.4. The Kier molecular flexibility index (Phi) is 6.53. The number of rotatable bonds is 7. The Labute approximate surface area is 202 Å². The molecule has 3 aromatic carbocycles. The van der Waals surface area contributed by atoms with Gasteiger partial charge in [0.2, 0.25) is 10.0 Å². The summed E-state index contributed by atoms with van der Waals surface area (Å²) in [7, 11) is -0.723. The van der Waals surface area contributed by atoms with Crippen LogP contribution in [0.4, 0.5) is 0 Å². The molecule has 0 amide bonds. The maximum atomic E-state index is 13.4. The van der Waals surface area contributed by atoms with Crippen LogP contribution in [-0.2, 0) is 23.6 Å². The van der Waals surface area contributed by atoms with E-state index in [4.69, 9.17) is 11.6 Å². The third-order valence-electron chi connectivity index (χ3n) is 5.63. The SMILES string of the molecule is CN(Cc1ccccc1)S(=O)(=O)c1ccc(Cl)c(C(=O)C(C#N)c2nc3ccccc3n2C)c1. The topological polar surface area (TPSA) is 96.1 Å². The van der Waals surface area contributed by atoms with E-state index in [-0.39, 0.29) is 27.9 Å². The number of aryl methyl sites for hydroxylation is 1. The van der Waals surface area contributed by atoms with Gasteiger partial charge in [0, 0.05) is 26.2 Å². The average Bonchev–Trinajstić information content (AvgIpc) is 3.16. The molecule has 0 spiro atoms. The van der Waals surface area contributed by atoms with Crippen LogP contribution in [0, 0.1) is 11.3 Å². The minimum Gasteiger partial charge on any atom is -0.330 e. The second-order valence-electron chi connectivity index (χ2n) is 7.83. The first-order valence-corrected chi connectivity index (χ1v) is 12.2. The van der Waals surface area contributed by atoms with Gasteiger partial charge < -0.3 is 4.57 Å². The number of carbonyl (C=O) groups is 1. The summed E-state index contributed by atoms with van der Waals surface area (Å²) in [5, 5.41) is 9.90. The van der Waals surface area contributed by atoms with E-state index >= 15 is 0 Å². The molecule has 9 heteroatoms. The number of ketones is 1. The van der Waals surface area contributed by atoms with E-state index in [1.54, 1.807) is 17.7 Å². The van der Waals surface area contributed by atoms with Gasteiger partial charge in [0.25, 0.3) is 0 Å². The molecule has 1 heterocycles. The fourth-order valence-corrected chi connectivity index (χ4v) is 5.17. The minimum absolute atomic E-state index is 0.0468. The Morgan fingerprint density at radius 3 is 2.47 bits per heavy atom. The van der Waals surface area contributed by atoms with Crippen molar-refractivity contribution < 1.29 is 13.2 Å². The first-order chi connectivity index (χ1) is 16.2. The number of aromatic nitrogens is 2. The van der Waals surface area contributed by atoms with Crippen molar-refractivity contribution in [2.24, 2.45) is 7.05 Å². The number of benzene rings is 3. The second-order valence-corrected chi connectivity index (χ2v) is 10.3. The zero-order valence-electron chi connectivity index (χ0n) is 18.5. The normalized spacial score (nSPS) is 12.6. The van der Waals surface area contributed by atoms with Crippen LogP contribution < -0.4 is 0 Å². The average molecular weight is 493 g/mol. The van der Waals surface area contributed by atoms with Crippen molar-refractivity contribution in [3.63, 3.8) is 0 Å². The highest BCUT2D eigenvalue weighted by atomic mass is 35.5. The lowest BCUT2D eigenvalue weighted by Crippen LogP contribution is -2.27. The zero-order valence-corrected chi connectivity index (χ0v) is 20.1. The van der Waals surface area contributed by atoms with Crippen molar-refractivity contribution >= 4 is 38.4 Å². The second kappa shape index (κ2) is 9.39. The van der Waals surface area contributed by atoms with Gasteiger partial charge in [-0.25, -0.2) is 13.4 Å². The largest absolute Gasteiger partial charge is 0.330 e. The van der Waals surface area contributed by atoms with E-state index < -0.39 is 21.7 Å². The van der Waals surface area contributed by atoms with Crippen LogP contribution in [0.15, 0.2) is 77.7 Å². The van der Waals surface area contributed by atoms with E-state index in [9.17, 15) is 18.5 Å². The van der Waals surface area contributed by atoms with Gasteiger partial charge in [-0.2, -0.15) is 9.57 Å². The predicted octanol–water partition coefficient (Wildman–Crippen LogP) is 4.54. The third-order valence-corrected chi connectivity index (χ3v) is 7.76. The first-order valence-electron chi connectivity index (χ1n) is 10.4. The molecule has 1 atom stereocenters. The summed E-state index contributed by atoms with van der Waals surface area (Å²) in [6.07, 6.45) is 0. The molecule has 7 nitrogen and oxygen atoms in total. The molecule has 1 unspecified atom stereocenters. The smallest absolute Gasteiger partial charge is 0.243 e. The van der Waals surface area contributed by atoms with Crippen molar-refractivity contribution in [2.45, 2.75) is 17.4 Å². The molecular formula is C25H21ClN4O3S. The monoisotopic (exact) mass is 492 g/mol. The number of fused-ring (bicyclic) bond motifs is 1. The number of carbonyl (C=O) groups excluding carboxylic acids is 1. The third kappa shape index (κ3) is 4.33. The minimum atomic E-state index is -3.92. The molecule has 4 aromatic rings. The summed E-state index contributed by atoms with van der Waals surface area (Å²) in [6.45, 7) is 0.162. The molecule has 0 fully saturated rings. The summed E-state index contributed by atoms with van der Waals surface area (Å²) in [5.41, 5.74) is 2.20. The fourth-order valence-electron chi connectivity index (χ4n) is 3.77. The van der Waals surface area contributed by atoms with Crippen LogP contribution >= 0.6 is 11.6 Å². The lowest BCUT2D eigenvalue weighted by Gasteiger charge is -2.18. The van der Waals surface area contributed by atoms with Crippen molar-refractivity contribution in [3.05, 3.63) is 94.8 Å². The molecule has 0 radical (unpaired) electrons. The molecule has 0 aliphatic carbocycles. The lowest BCUT2D eigenvalue weighted by atomic mass is 9.98. The number of para-hydroxylation sites is 2. The summed E-state index contributed by atoms with van der Waals surface area (Å²) in [4.78, 5) is 17.8. The van der Waals surface area contributed by atoms with E-state index in [0.717, 1.165) is 11.1 Å². The predicted molar refractivity (Wildman–Crippen MR) is 130 cm³/mol. The maximum Gasteiger partial charge on any atom is 0.243 e. The number of hydrogen-bond donors (Lipinski definition) is 0. The molecule has 172 valence electrons. The highest BCUT2D eigenvalue weighted by molar-refractivity contribution is 7.89. The number of hydrogen-bond acceptors (Lipinski definition) is 5. The number of sulfonamides is 1. The summed E-state index contributed by atoms with van der Waals surface area (Å²) < 4.78 is 29.3. The summed E-state index contributed by atoms with van der Waals surface area (Å²) >= 11 is 6.29. The molecule has 0 saturated carbocycles. The molecule has 0 N–H and O–H groups in total. The van der Waals surface area contributed by atoms with Gasteiger partial charge >= 0.3 is 0 Å². The van der Waals surface area contributed by atoms with Crippen molar-refractivity contribution in [3.8, 4) is 6.07 Å². The van der Waals surface area contributed by atoms with Crippen LogP contribution in [0.2, 0.25) is 5.02 Å². The molecule has 0 aliphatic heterocycles. The number of imidazole rings is 1. The highest BCUT2D eigenvalue weighted by Gasteiger charge is 2.30. The van der Waals surface area contributed by atoms with E-state index in [2.05, 4.69) is 4.98 Å². The van der Waals surface area contributed by atoms with Crippen LogP contribution in [0.3, 0.4) is 0 Å². The van der Waals surface area contributed by atoms with E-state index in [0.29, 0.717) is 5.52 Å². The van der Waals surface area contributed by atoms with Crippen molar-refractivity contribution in [1.29, 1.82) is 5.26 Å². The number of Topliss-reactive ketones (excluding diaryl/α,β-unsaturated/α-hetero) is 1. The van der Waals surface area contributed by atoms with Crippen molar-refractivity contribution in [1.82, 2.24) is 13.9 Å². The standard InChI is InChI=1S/C25H21ClN4O3S/c1-29(16-17-8-4-3-5-9-17)34(32,33)18-12-13-21(26)19(14-18)24(31)20(15-27)25-28-22-10-6-7-11-23(22)30(25)2/h3-14,20H,16H2,1-2H3. The van der Waals surface area contributed by atoms with Gasteiger partial charge in [-0.3, -0.25) is 4.79 Å². The quantitative estimate of drug-likeness (QED) is 0.353. The van der Waals surface area contributed by atoms with Crippen LogP contribution in [0.25, 0.3) is 11.0 Å². The number of nitrogens with zero attached hydrogens (tertiary/aromatic N) is 4. The zero-order chi connectivity index (χ0) is 24.5. The van der Waals surface area contributed by atoms with Crippen LogP contribution in [0.5, 0.6) is 0 Å². The van der Waals surface area contributed by atoms with E-state index in [1.807, 2.05) is 54.6 Å². The molecular weight excluding hydrogens is 472 g/mol. The van der Waals surface area contributed by atoms with E-state index in [1.165, 1.54) is 29.6 Å². The molecule has 0 saturated heterocycles. The summed E-state index contributed by atoms with van der Waals surface area (Å²) in [5.74, 6) is -1.61. The van der Waals surface area contributed by atoms with Crippen molar-refractivity contribution in [2.75, 3.05) is 7.05 Å². The Bertz CT molecular complexity index is 1530. The molecule has 4 rings (SSSR count). The number of nitriles is 1. The Morgan fingerprint density at radius 1 is 1.12 bits per heavy atom. The van der Waals surface area contributed by atoms with Gasteiger partial charge in [-0.1, -0.05) is 54.1 Å². The van der Waals surface area contributed by atoms with Gasteiger partial charge in [0.15, 0.2) is 11.7 Å². The molecule has 0 aliphatic rings. The van der Waals surface area contributed by atoms with Gasteiger partial charge in [0.05, 0.1) is 27.0 Å². The Morgan fingerprint density at radius 2 is 1.79 bits per heavy atom. The maximum absolute atomic E-state index is 13.4. The van der Waals surface area contributed by atoms with Crippen LogP contribution in [-0.4, -0.2) is 35.1 Å². The molecule has 1 aromatic heterocycles. The highest BCUT2D eigenvalue weighted by Crippen LogP contribution is 2.29. The number of halogens is 1. The van der Waals surface area contributed by atoms with Gasteiger partial charge in [-0.15, -0.1) is 0 Å². The van der Waals surface area contributed by atoms with Gasteiger partial charge in [0.1, 0.15) is 5.82 Å². The fraction of sp³-hybridized carbons (Fsp3) is 0.160. The van der Waals surface area contributed by atoms with Gasteiger partial charge in [-0.05, 0) is 35.9 Å². The Hall–Kier alpha value is -3.51. The molecule has 0 bridgehead atoms. The Balaban J connectivity index is 1.70. The molecule has 34 heavy (non-hydrogen) atoms. The lowest BCUT2D eigenvalue weighted by molar-refractivity contribution is 0.0975. The van der Waals surface area contributed by atoms with Crippen LogP contribution in [0.1, 0.15) is 27.7 Å².